The molecule has 1 atom stereocenters. The highest BCUT2D eigenvalue weighted by Crippen LogP contribution is 2.05. The Balaban J connectivity index is 1.70. The molecule has 1 aliphatic heterocycles. The topological polar surface area (TPSA) is 52.7 Å². The summed E-state index contributed by atoms with van der Waals surface area (Å²) in [5.41, 5.74) is 2.43. The Morgan fingerprint density at radius 3 is 3.21 bits per heavy atom. The molecule has 3 N–H and O–H groups in total. The van der Waals surface area contributed by atoms with Gasteiger partial charge in [0.25, 0.3) is 0 Å². The molecule has 2 rings (SSSR count). The molecule has 1 aromatic rings. The predicted molar refractivity (Wildman–Crippen MR) is 56.1 cm³/mol. The quantitative estimate of drug-likeness (QED) is 0.656. The molecule has 1 unspecified atom stereocenters. The van der Waals surface area contributed by atoms with E-state index < -0.39 is 0 Å². The molecule has 1 saturated heterocycles. The second kappa shape index (κ2) is 4.57. The summed E-state index contributed by atoms with van der Waals surface area (Å²) in [6.45, 7) is 5.21. The molecular weight excluding hydrogens is 176 g/mol. The Hall–Kier alpha value is -0.870. The lowest BCUT2D eigenvalue weighted by Gasteiger charge is -2.10. The number of aryl methyl sites for hydroxylation is 1. The zero-order chi connectivity index (χ0) is 9.80. The van der Waals surface area contributed by atoms with Gasteiger partial charge in [-0.3, -0.25) is 5.10 Å². The molecule has 1 fully saturated rings. The van der Waals surface area contributed by atoms with Gasteiger partial charge in [0.2, 0.25) is 0 Å². The third-order valence-electron chi connectivity index (χ3n) is 2.80. The molecule has 2 heterocycles. The van der Waals surface area contributed by atoms with Crippen LogP contribution in [0.15, 0.2) is 6.20 Å². The van der Waals surface area contributed by atoms with E-state index in [0.29, 0.717) is 6.04 Å². The summed E-state index contributed by atoms with van der Waals surface area (Å²) in [6, 6.07) is 0.669. The summed E-state index contributed by atoms with van der Waals surface area (Å²) in [6.07, 6.45) is 4.51. The number of nitrogens with one attached hydrogen (secondary N) is 3. The Labute approximate surface area is 84.5 Å². The van der Waals surface area contributed by atoms with E-state index in [-0.39, 0.29) is 0 Å². The van der Waals surface area contributed by atoms with E-state index in [2.05, 4.69) is 27.8 Å². The predicted octanol–water partition coefficient (Wildman–Crippen LogP) is 0.560. The van der Waals surface area contributed by atoms with E-state index in [1.165, 1.54) is 24.9 Å². The Morgan fingerprint density at radius 1 is 1.64 bits per heavy atom. The molecule has 4 nitrogen and oxygen atoms in total. The Bertz CT molecular complexity index is 275. The first kappa shape index (κ1) is 9.68. The first-order valence-corrected chi connectivity index (χ1v) is 5.29. The minimum absolute atomic E-state index is 0.669. The van der Waals surface area contributed by atoms with Crippen molar-refractivity contribution in [2.24, 2.45) is 0 Å². The summed E-state index contributed by atoms with van der Waals surface area (Å²) >= 11 is 0. The van der Waals surface area contributed by atoms with Crippen molar-refractivity contribution in [3.63, 3.8) is 0 Å². The Kier molecular flexibility index (Phi) is 3.16. The van der Waals surface area contributed by atoms with Gasteiger partial charge >= 0.3 is 0 Å². The normalized spacial score (nSPS) is 21.6. The minimum atomic E-state index is 0.669. The van der Waals surface area contributed by atoms with Gasteiger partial charge in [-0.2, -0.15) is 5.10 Å². The highest BCUT2D eigenvalue weighted by Gasteiger charge is 2.12. The van der Waals surface area contributed by atoms with Crippen LogP contribution in [0.2, 0.25) is 0 Å². The minimum Gasteiger partial charge on any atom is -0.313 e. The van der Waals surface area contributed by atoms with E-state index in [9.17, 15) is 0 Å². The maximum atomic E-state index is 3.99. The first-order valence-electron chi connectivity index (χ1n) is 5.29. The van der Waals surface area contributed by atoms with Gasteiger partial charge in [0.1, 0.15) is 0 Å². The number of hydrogen-bond donors (Lipinski definition) is 3. The van der Waals surface area contributed by atoms with Crippen LogP contribution in [0, 0.1) is 6.92 Å². The van der Waals surface area contributed by atoms with Crippen LogP contribution in [0.5, 0.6) is 0 Å². The van der Waals surface area contributed by atoms with E-state index >= 15 is 0 Å². The standard InChI is InChI=1S/C10H18N4/c1-8-9(6-13-14-8)5-11-7-10-3-2-4-12-10/h6,10-12H,2-5,7H2,1H3,(H,13,14). The largest absolute Gasteiger partial charge is 0.313 e. The molecule has 0 radical (unpaired) electrons. The van der Waals surface area contributed by atoms with Crippen molar-refractivity contribution in [1.29, 1.82) is 0 Å². The van der Waals surface area contributed by atoms with Crippen LogP contribution in [0.4, 0.5) is 0 Å². The molecule has 0 bridgehead atoms. The van der Waals surface area contributed by atoms with Gasteiger partial charge in [-0.05, 0) is 26.3 Å². The zero-order valence-corrected chi connectivity index (χ0v) is 8.64. The number of nitrogens with zero attached hydrogens (tertiary/aromatic N) is 1. The summed E-state index contributed by atoms with van der Waals surface area (Å²) in [7, 11) is 0. The molecule has 4 heteroatoms. The lowest BCUT2D eigenvalue weighted by molar-refractivity contribution is 0.535. The van der Waals surface area contributed by atoms with Crippen molar-refractivity contribution in [1.82, 2.24) is 20.8 Å². The van der Waals surface area contributed by atoms with Gasteiger partial charge in [-0.15, -0.1) is 0 Å². The fourth-order valence-corrected chi connectivity index (χ4v) is 1.87. The third kappa shape index (κ3) is 2.33. The van der Waals surface area contributed by atoms with Crippen molar-refractivity contribution in [3.8, 4) is 0 Å². The van der Waals surface area contributed by atoms with Gasteiger partial charge in [-0.25, -0.2) is 0 Å². The molecule has 78 valence electrons. The fraction of sp³-hybridized carbons (Fsp3) is 0.700. The molecule has 0 aromatic carbocycles. The molecule has 14 heavy (non-hydrogen) atoms. The van der Waals surface area contributed by atoms with Crippen molar-refractivity contribution in [3.05, 3.63) is 17.5 Å². The van der Waals surface area contributed by atoms with Crippen LogP contribution in [-0.2, 0) is 6.54 Å². The molecule has 1 aromatic heterocycles. The second-order valence-corrected chi connectivity index (χ2v) is 3.94. The maximum Gasteiger partial charge on any atom is 0.0535 e. The van der Waals surface area contributed by atoms with Gasteiger partial charge < -0.3 is 10.6 Å². The summed E-state index contributed by atoms with van der Waals surface area (Å²) in [5.74, 6) is 0. The van der Waals surface area contributed by atoms with Gasteiger partial charge in [0, 0.05) is 30.4 Å². The lowest BCUT2D eigenvalue weighted by Crippen LogP contribution is -2.33. The Morgan fingerprint density at radius 2 is 2.57 bits per heavy atom. The highest BCUT2D eigenvalue weighted by atomic mass is 15.1. The van der Waals surface area contributed by atoms with E-state index in [1.807, 2.05) is 6.20 Å². The number of hydrogen-bond acceptors (Lipinski definition) is 3. The number of aromatic amines is 1. The van der Waals surface area contributed by atoms with E-state index in [4.69, 9.17) is 0 Å². The molecular formula is C10H18N4. The maximum absolute atomic E-state index is 3.99. The fourth-order valence-electron chi connectivity index (χ4n) is 1.87. The number of rotatable bonds is 4. The van der Waals surface area contributed by atoms with Crippen LogP contribution < -0.4 is 10.6 Å². The smallest absolute Gasteiger partial charge is 0.0535 e. The average Bonchev–Trinajstić information content (AvgIpc) is 2.78. The van der Waals surface area contributed by atoms with Gasteiger partial charge in [0.15, 0.2) is 0 Å². The summed E-state index contributed by atoms with van der Waals surface area (Å²) < 4.78 is 0. The molecule has 0 spiro atoms. The van der Waals surface area contributed by atoms with Crippen LogP contribution in [-0.4, -0.2) is 29.3 Å². The average molecular weight is 194 g/mol. The van der Waals surface area contributed by atoms with Crippen LogP contribution in [0.3, 0.4) is 0 Å². The van der Waals surface area contributed by atoms with Crippen LogP contribution >= 0.6 is 0 Å². The monoisotopic (exact) mass is 194 g/mol. The lowest BCUT2D eigenvalue weighted by atomic mass is 10.2. The van der Waals surface area contributed by atoms with Crippen molar-refractivity contribution >= 4 is 0 Å². The van der Waals surface area contributed by atoms with Crippen molar-refractivity contribution in [2.45, 2.75) is 32.4 Å². The van der Waals surface area contributed by atoms with Crippen molar-refractivity contribution in [2.75, 3.05) is 13.1 Å². The first-order chi connectivity index (χ1) is 6.86. The highest BCUT2D eigenvalue weighted by molar-refractivity contribution is 5.13. The second-order valence-electron chi connectivity index (χ2n) is 3.94. The molecule has 0 aliphatic carbocycles. The zero-order valence-electron chi connectivity index (χ0n) is 8.64. The van der Waals surface area contributed by atoms with Crippen LogP contribution in [0.1, 0.15) is 24.1 Å². The molecule has 0 amide bonds. The molecule has 0 saturated carbocycles. The van der Waals surface area contributed by atoms with E-state index in [0.717, 1.165) is 18.8 Å². The summed E-state index contributed by atoms with van der Waals surface area (Å²) in [4.78, 5) is 0. The third-order valence-corrected chi connectivity index (χ3v) is 2.80. The van der Waals surface area contributed by atoms with Crippen molar-refractivity contribution < 1.29 is 0 Å². The number of H-pyrrole nitrogens is 1. The van der Waals surface area contributed by atoms with Gasteiger partial charge in [-0.1, -0.05) is 0 Å². The summed E-state index contributed by atoms with van der Waals surface area (Å²) in [5, 5.41) is 13.8. The van der Waals surface area contributed by atoms with Gasteiger partial charge in [0.05, 0.1) is 6.20 Å². The van der Waals surface area contributed by atoms with Crippen LogP contribution in [0.25, 0.3) is 0 Å². The molecule has 1 aliphatic rings. The SMILES string of the molecule is Cc1[nH]ncc1CNCC1CCCN1. The van der Waals surface area contributed by atoms with E-state index in [1.54, 1.807) is 0 Å². The number of aromatic nitrogens is 2.